The smallest absolute Gasteiger partial charge is 0.303 e. The predicted molar refractivity (Wildman–Crippen MR) is 103 cm³/mol. The van der Waals surface area contributed by atoms with Gasteiger partial charge in [-0.05, 0) is 43.9 Å². The SMILES string of the molecule is Cc1ccc2c(c1)[C@H](c1ccccc1)C[C@@H](C)N2C(=O)CCCC(=O)O. The van der Waals surface area contributed by atoms with Crippen molar-refractivity contribution in [2.75, 3.05) is 4.90 Å². The van der Waals surface area contributed by atoms with Crippen molar-refractivity contribution in [3.05, 3.63) is 65.2 Å². The molecular weight excluding hydrogens is 326 g/mol. The van der Waals surface area contributed by atoms with Crippen molar-refractivity contribution in [2.45, 2.75) is 51.5 Å². The van der Waals surface area contributed by atoms with Gasteiger partial charge in [-0.15, -0.1) is 0 Å². The van der Waals surface area contributed by atoms with Gasteiger partial charge in [0.05, 0.1) is 0 Å². The lowest BCUT2D eigenvalue weighted by atomic mass is 9.80. The van der Waals surface area contributed by atoms with Crippen LogP contribution in [0.5, 0.6) is 0 Å². The minimum absolute atomic E-state index is 0.00960. The summed E-state index contributed by atoms with van der Waals surface area (Å²) < 4.78 is 0. The molecule has 0 aliphatic carbocycles. The van der Waals surface area contributed by atoms with Crippen molar-refractivity contribution in [1.29, 1.82) is 0 Å². The van der Waals surface area contributed by atoms with Gasteiger partial charge in [0.25, 0.3) is 0 Å². The number of aryl methyl sites for hydroxylation is 1. The average Bonchev–Trinajstić information content (AvgIpc) is 2.61. The number of nitrogens with zero attached hydrogens (tertiary/aromatic N) is 1. The van der Waals surface area contributed by atoms with E-state index in [2.05, 4.69) is 44.2 Å². The molecule has 0 aromatic heterocycles. The molecule has 1 amide bonds. The number of carboxylic acid groups (broad SMARTS) is 1. The number of amides is 1. The highest BCUT2D eigenvalue weighted by Gasteiger charge is 2.34. The van der Waals surface area contributed by atoms with Crippen LogP contribution in [0.2, 0.25) is 0 Å². The van der Waals surface area contributed by atoms with Crippen LogP contribution in [0, 0.1) is 6.92 Å². The van der Waals surface area contributed by atoms with Gasteiger partial charge in [0, 0.05) is 30.5 Å². The number of carbonyl (C=O) groups is 2. The summed E-state index contributed by atoms with van der Waals surface area (Å²) in [6.45, 7) is 4.15. The molecule has 136 valence electrons. The zero-order valence-corrected chi connectivity index (χ0v) is 15.3. The van der Waals surface area contributed by atoms with Crippen LogP contribution in [0.25, 0.3) is 0 Å². The number of benzene rings is 2. The zero-order valence-electron chi connectivity index (χ0n) is 15.3. The van der Waals surface area contributed by atoms with Crippen molar-refractivity contribution in [3.8, 4) is 0 Å². The molecule has 4 nitrogen and oxygen atoms in total. The summed E-state index contributed by atoms with van der Waals surface area (Å²) in [5.74, 6) is -0.579. The number of anilines is 1. The second-order valence-electron chi connectivity index (χ2n) is 7.12. The summed E-state index contributed by atoms with van der Waals surface area (Å²) in [7, 11) is 0. The molecule has 0 fully saturated rings. The molecule has 2 aromatic rings. The highest BCUT2D eigenvalue weighted by molar-refractivity contribution is 5.95. The van der Waals surface area contributed by atoms with Gasteiger partial charge in [0.1, 0.15) is 0 Å². The Morgan fingerprint density at radius 3 is 2.54 bits per heavy atom. The monoisotopic (exact) mass is 351 g/mol. The van der Waals surface area contributed by atoms with Crippen LogP contribution < -0.4 is 4.90 Å². The van der Waals surface area contributed by atoms with Gasteiger partial charge in [-0.3, -0.25) is 9.59 Å². The summed E-state index contributed by atoms with van der Waals surface area (Å²) in [5, 5.41) is 8.81. The maximum atomic E-state index is 12.8. The first-order chi connectivity index (χ1) is 12.5. The average molecular weight is 351 g/mol. The summed E-state index contributed by atoms with van der Waals surface area (Å²) in [4.78, 5) is 25.4. The number of carbonyl (C=O) groups excluding carboxylic acids is 1. The Kier molecular flexibility index (Phi) is 5.40. The first kappa shape index (κ1) is 18.2. The van der Waals surface area contributed by atoms with Crippen LogP contribution in [0.3, 0.4) is 0 Å². The Bertz CT molecular complexity index is 800. The van der Waals surface area contributed by atoms with Gasteiger partial charge in [0.15, 0.2) is 0 Å². The first-order valence-corrected chi connectivity index (χ1v) is 9.16. The van der Waals surface area contributed by atoms with E-state index in [1.54, 1.807) is 0 Å². The Labute approximate surface area is 154 Å². The molecule has 2 atom stereocenters. The van der Waals surface area contributed by atoms with Crippen molar-refractivity contribution in [3.63, 3.8) is 0 Å². The number of aliphatic carboxylic acids is 1. The number of rotatable bonds is 5. The molecule has 0 bridgehead atoms. The Hall–Kier alpha value is -2.62. The molecule has 2 aromatic carbocycles. The number of hydrogen-bond acceptors (Lipinski definition) is 2. The highest BCUT2D eigenvalue weighted by atomic mass is 16.4. The van der Waals surface area contributed by atoms with Crippen molar-refractivity contribution in [2.24, 2.45) is 0 Å². The second kappa shape index (κ2) is 7.73. The van der Waals surface area contributed by atoms with E-state index in [4.69, 9.17) is 5.11 Å². The van der Waals surface area contributed by atoms with Gasteiger partial charge in [-0.2, -0.15) is 0 Å². The van der Waals surface area contributed by atoms with E-state index in [1.165, 1.54) is 16.7 Å². The summed E-state index contributed by atoms with van der Waals surface area (Å²) >= 11 is 0. The Morgan fingerprint density at radius 1 is 1.12 bits per heavy atom. The van der Waals surface area contributed by atoms with E-state index in [0.717, 1.165) is 12.1 Å². The third-order valence-electron chi connectivity index (χ3n) is 5.09. The lowest BCUT2D eigenvalue weighted by Crippen LogP contribution is -2.43. The van der Waals surface area contributed by atoms with Crippen molar-refractivity contribution < 1.29 is 14.7 Å². The molecule has 1 aliphatic heterocycles. The summed E-state index contributed by atoms with van der Waals surface area (Å²) in [6, 6.07) is 16.7. The number of hydrogen-bond donors (Lipinski definition) is 1. The fourth-order valence-electron chi connectivity index (χ4n) is 3.88. The Balaban J connectivity index is 1.93. The standard InChI is InChI=1S/C22H25NO3/c1-15-11-12-20-19(13-15)18(17-7-4-3-5-8-17)14-16(2)23(20)21(24)9-6-10-22(25)26/h3-5,7-8,11-13,16,18H,6,9-10,14H2,1-2H3,(H,25,26)/t16-,18+/m1/s1. The zero-order chi connectivity index (χ0) is 18.7. The first-order valence-electron chi connectivity index (χ1n) is 9.16. The third-order valence-corrected chi connectivity index (χ3v) is 5.09. The molecule has 0 saturated carbocycles. The lowest BCUT2D eigenvalue weighted by molar-refractivity contribution is -0.137. The highest BCUT2D eigenvalue weighted by Crippen LogP contribution is 2.42. The van der Waals surface area contributed by atoms with E-state index in [-0.39, 0.29) is 30.7 Å². The normalized spacial score (nSPS) is 19.1. The molecule has 1 heterocycles. The van der Waals surface area contributed by atoms with E-state index >= 15 is 0 Å². The maximum absolute atomic E-state index is 12.8. The van der Waals surface area contributed by atoms with Gasteiger partial charge in [-0.25, -0.2) is 0 Å². The lowest BCUT2D eigenvalue weighted by Gasteiger charge is -2.40. The number of carboxylic acids is 1. The van der Waals surface area contributed by atoms with Crippen LogP contribution >= 0.6 is 0 Å². The molecule has 3 rings (SSSR count). The van der Waals surface area contributed by atoms with Gasteiger partial charge < -0.3 is 10.0 Å². The fourth-order valence-corrected chi connectivity index (χ4v) is 3.88. The largest absolute Gasteiger partial charge is 0.481 e. The van der Waals surface area contributed by atoms with Crippen molar-refractivity contribution >= 4 is 17.6 Å². The molecule has 1 aliphatic rings. The van der Waals surface area contributed by atoms with Gasteiger partial charge in [0.2, 0.25) is 5.91 Å². The number of fused-ring (bicyclic) bond motifs is 1. The maximum Gasteiger partial charge on any atom is 0.303 e. The van der Waals surface area contributed by atoms with Crippen LogP contribution in [0.15, 0.2) is 48.5 Å². The van der Waals surface area contributed by atoms with Crippen molar-refractivity contribution in [1.82, 2.24) is 0 Å². The molecular formula is C22H25NO3. The molecule has 4 heteroatoms. The third kappa shape index (κ3) is 3.79. The van der Waals surface area contributed by atoms with E-state index < -0.39 is 5.97 Å². The van der Waals surface area contributed by atoms with Crippen LogP contribution in [0.1, 0.15) is 55.2 Å². The minimum atomic E-state index is -0.857. The quantitative estimate of drug-likeness (QED) is 0.862. The van der Waals surface area contributed by atoms with Gasteiger partial charge in [-0.1, -0.05) is 48.0 Å². The van der Waals surface area contributed by atoms with Crippen LogP contribution in [0.4, 0.5) is 5.69 Å². The van der Waals surface area contributed by atoms with Gasteiger partial charge >= 0.3 is 5.97 Å². The molecule has 0 unspecified atom stereocenters. The summed E-state index contributed by atoms with van der Waals surface area (Å²) in [6.07, 6.45) is 1.53. The van der Waals surface area contributed by atoms with E-state index in [0.29, 0.717) is 6.42 Å². The molecule has 26 heavy (non-hydrogen) atoms. The minimum Gasteiger partial charge on any atom is -0.481 e. The molecule has 0 saturated heterocycles. The molecule has 0 spiro atoms. The van der Waals surface area contributed by atoms with Crippen LogP contribution in [-0.4, -0.2) is 23.0 Å². The van der Waals surface area contributed by atoms with E-state index in [1.807, 2.05) is 23.1 Å². The van der Waals surface area contributed by atoms with E-state index in [9.17, 15) is 9.59 Å². The fraction of sp³-hybridized carbons (Fsp3) is 0.364. The predicted octanol–water partition coefficient (Wildman–Crippen LogP) is 4.51. The Morgan fingerprint density at radius 2 is 1.85 bits per heavy atom. The molecule has 1 N–H and O–H groups in total. The molecule has 0 radical (unpaired) electrons. The second-order valence-corrected chi connectivity index (χ2v) is 7.12. The summed E-state index contributed by atoms with van der Waals surface area (Å²) in [5.41, 5.74) is 4.59. The topological polar surface area (TPSA) is 57.6 Å². The van der Waals surface area contributed by atoms with Crippen LogP contribution in [-0.2, 0) is 9.59 Å².